The van der Waals surface area contributed by atoms with Crippen molar-refractivity contribution >= 4 is 17.3 Å². The highest BCUT2D eigenvalue weighted by Crippen LogP contribution is 2.29. The zero-order valence-electron chi connectivity index (χ0n) is 10.8. The lowest BCUT2D eigenvalue weighted by atomic mass is 9.97. The number of rotatable bonds is 2. The Labute approximate surface area is 107 Å². The van der Waals surface area contributed by atoms with E-state index in [2.05, 4.69) is 37.0 Å². The van der Waals surface area contributed by atoms with Gasteiger partial charge in [0.25, 0.3) is 0 Å². The van der Waals surface area contributed by atoms with Gasteiger partial charge in [0.05, 0.1) is 11.2 Å². The van der Waals surface area contributed by atoms with Crippen molar-refractivity contribution in [1.29, 1.82) is 0 Å². The van der Waals surface area contributed by atoms with Gasteiger partial charge in [0.15, 0.2) is 0 Å². The van der Waals surface area contributed by atoms with Crippen molar-refractivity contribution in [1.82, 2.24) is 9.61 Å². The molecule has 0 saturated carbocycles. The standard InChI is InChI=1S/C15H17N3/c1-11(2)15-14(12-6-5-8-16-10-12)13-7-3-4-9-18(13)17-15/h3-4,6-7,9-11H,5,8H2,1-2H3. The van der Waals surface area contributed by atoms with E-state index in [-0.39, 0.29) is 0 Å². The minimum absolute atomic E-state index is 0.413. The summed E-state index contributed by atoms with van der Waals surface area (Å²) < 4.78 is 1.97. The zero-order chi connectivity index (χ0) is 12.5. The summed E-state index contributed by atoms with van der Waals surface area (Å²) in [4.78, 5) is 4.39. The normalized spacial score (nSPS) is 15.4. The molecule has 0 atom stereocenters. The summed E-state index contributed by atoms with van der Waals surface area (Å²) in [7, 11) is 0. The van der Waals surface area contributed by atoms with Gasteiger partial charge in [-0.2, -0.15) is 5.10 Å². The molecule has 0 unspecified atom stereocenters. The van der Waals surface area contributed by atoms with Gasteiger partial charge in [0, 0.05) is 24.5 Å². The molecule has 1 aliphatic heterocycles. The number of pyridine rings is 1. The number of aromatic nitrogens is 2. The molecule has 3 rings (SSSR count). The minimum Gasteiger partial charge on any atom is -0.292 e. The van der Waals surface area contributed by atoms with Crippen LogP contribution in [0.1, 0.15) is 37.4 Å². The molecule has 0 radical (unpaired) electrons. The average Bonchev–Trinajstić information content (AvgIpc) is 2.79. The molecule has 0 aromatic carbocycles. The Kier molecular flexibility index (Phi) is 2.74. The second-order valence-electron chi connectivity index (χ2n) is 4.93. The van der Waals surface area contributed by atoms with Crippen molar-refractivity contribution in [3.05, 3.63) is 41.7 Å². The molecule has 3 nitrogen and oxygen atoms in total. The van der Waals surface area contributed by atoms with Gasteiger partial charge < -0.3 is 0 Å². The van der Waals surface area contributed by atoms with E-state index in [1.807, 2.05) is 23.0 Å². The highest BCUT2D eigenvalue weighted by Gasteiger charge is 2.18. The third-order valence-corrected chi connectivity index (χ3v) is 3.26. The number of hydrogen-bond donors (Lipinski definition) is 0. The number of allylic oxidation sites excluding steroid dienone is 1. The van der Waals surface area contributed by atoms with E-state index < -0.39 is 0 Å². The predicted molar refractivity (Wildman–Crippen MR) is 75.2 cm³/mol. The van der Waals surface area contributed by atoms with Crippen molar-refractivity contribution in [2.75, 3.05) is 6.54 Å². The van der Waals surface area contributed by atoms with Crippen LogP contribution in [-0.2, 0) is 0 Å². The van der Waals surface area contributed by atoms with E-state index in [0.29, 0.717) is 5.92 Å². The molecular weight excluding hydrogens is 222 g/mol. The third kappa shape index (κ3) is 1.76. The zero-order valence-corrected chi connectivity index (χ0v) is 10.8. The summed E-state index contributed by atoms with van der Waals surface area (Å²) in [6.45, 7) is 5.28. The summed E-state index contributed by atoms with van der Waals surface area (Å²) in [6, 6.07) is 6.19. The fraction of sp³-hybridized carbons (Fsp3) is 0.333. The Morgan fingerprint density at radius 1 is 1.28 bits per heavy atom. The van der Waals surface area contributed by atoms with Gasteiger partial charge in [0.1, 0.15) is 0 Å². The van der Waals surface area contributed by atoms with Crippen molar-refractivity contribution in [2.24, 2.45) is 4.99 Å². The molecule has 0 spiro atoms. The largest absolute Gasteiger partial charge is 0.292 e. The number of nitrogens with zero attached hydrogens (tertiary/aromatic N) is 3. The van der Waals surface area contributed by atoms with E-state index in [1.54, 1.807) is 0 Å². The molecular formula is C15H17N3. The van der Waals surface area contributed by atoms with E-state index in [1.165, 1.54) is 16.7 Å². The number of dihydropyridines is 1. The summed E-state index contributed by atoms with van der Waals surface area (Å²) in [6.07, 6.45) is 7.28. The highest BCUT2D eigenvalue weighted by atomic mass is 15.2. The fourth-order valence-corrected chi connectivity index (χ4v) is 2.39. The maximum absolute atomic E-state index is 4.70. The average molecular weight is 239 g/mol. The third-order valence-electron chi connectivity index (χ3n) is 3.26. The van der Waals surface area contributed by atoms with E-state index in [9.17, 15) is 0 Å². The lowest BCUT2D eigenvalue weighted by Crippen LogP contribution is -1.98. The summed E-state index contributed by atoms with van der Waals surface area (Å²) in [5, 5.41) is 4.70. The van der Waals surface area contributed by atoms with Gasteiger partial charge >= 0.3 is 0 Å². The van der Waals surface area contributed by atoms with Crippen LogP contribution in [0.25, 0.3) is 11.1 Å². The van der Waals surface area contributed by atoms with E-state index in [4.69, 9.17) is 5.10 Å². The summed E-state index contributed by atoms with van der Waals surface area (Å²) in [5.74, 6) is 0.413. The van der Waals surface area contributed by atoms with Gasteiger partial charge in [0.2, 0.25) is 0 Å². The first-order valence-electron chi connectivity index (χ1n) is 6.45. The van der Waals surface area contributed by atoms with Crippen LogP contribution in [0.2, 0.25) is 0 Å². The SMILES string of the molecule is CC(C)c1nn2ccccc2c1C1=CCCN=C1. The summed E-state index contributed by atoms with van der Waals surface area (Å²) in [5.41, 5.74) is 4.78. The van der Waals surface area contributed by atoms with E-state index >= 15 is 0 Å². The maximum atomic E-state index is 4.70. The first-order chi connectivity index (χ1) is 8.77. The number of hydrogen-bond acceptors (Lipinski definition) is 2. The molecule has 0 aliphatic carbocycles. The Morgan fingerprint density at radius 3 is 2.89 bits per heavy atom. The van der Waals surface area contributed by atoms with Crippen LogP contribution in [-0.4, -0.2) is 22.4 Å². The van der Waals surface area contributed by atoms with Crippen LogP contribution >= 0.6 is 0 Å². The van der Waals surface area contributed by atoms with Crippen LogP contribution < -0.4 is 0 Å². The minimum atomic E-state index is 0.413. The Hall–Kier alpha value is -1.90. The molecule has 2 aromatic rings. The molecule has 0 amide bonds. The Morgan fingerprint density at radius 2 is 2.17 bits per heavy atom. The van der Waals surface area contributed by atoms with Gasteiger partial charge in [-0.25, -0.2) is 4.52 Å². The molecule has 18 heavy (non-hydrogen) atoms. The molecule has 0 saturated heterocycles. The van der Waals surface area contributed by atoms with Gasteiger partial charge in [-0.1, -0.05) is 26.0 Å². The predicted octanol–water partition coefficient (Wildman–Crippen LogP) is 3.32. The van der Waals surface area contributed by atoms with Crippen LogP contribution in [0.15, 0.2) is 35.5 Å². The Balaban J connectivity index is 2.27. The molecule has 92 valence electrons. The molecule has 0 N–H and O–H groups in total. The monoisotopic (exact) mass is 239 g/mol. The summed E-state index contributed by atoms with van der Waals surface area (Å²) >= 11 is 0. The topological polar surface area (TPSA) is 29.7 Å². The molecule has 2 aromatic heterocycles. The first-order valence-corrected chi connectivity index (χ1v) is 6.45. The fourth-order valence-electron chi connectivity index (χ4n) is 2.39. The quantitative estimate of drug-likeness (QED) is 0.790. The second-order valence-corrected chi connectivity index (χ2v) is 4.93. The van der Waals surface area contributed by atoms with Gasteiger partial charge in [-0.05, 0) is 30.0 Å². The van der Waals surface area contributed by atoms with Crippen molar-refractivity contribution in [3.8, 4) is 0 Å². The highest BCUT2D eigenvalue weighted by molar-refractivity contribution is 6.13. The molecule has 3 heterocycles. The van der Waals surface area contributed by atoms with Crippen molar-refractivity contribution in [2.45, 2.75) is 26.2 Å². The molecule has 0 bridgehead atoms. The number of fused-ring (bicyclic) bond motifs is 1. The van der Waals surface area contributed by atoms with Crippen molar-refractivity contribution in [3.63, 3.8) is 0 Å². The molecule has 1 aliphatic rings. The number of aliphatic imine (C=N–C) groups is 1. The van der Waals surface area contributed by atoms with Crippen LogP contribution in [0.4, 0.5) is 0 Å². The maximum Gasteiger partial charge on any atom is 0.0743 e. The smallest absolute Gasteiger partial charge is 0.0743 e. The second kappa shape index (κ2) is 4.41. The van der Waals surface area contributed by atoms with Gasteiger partial charge in [-0.3, -0.25) is 4.99 Å². The lowest BCUT2D eigenvalue weighted by molar-refractivity contribution is 0.786. The van der Waals surface area contributed by atoms with Gasteiger partial charge in [-0.15, -0.1) is 0 Å². The van der Waals surface area contributed by atoms with E-state index in [0.717, 1.165) is 18.7 Å². The first kappa shape index (κ1) is 11.2. The van der Waals surface area contributed by atoms with Crippen molar-refractivity contribution < 1.29 is 0 Å². The van der Waals surface area contributed by atoms with Crippen LogP contribution in [0.5, 0.6) is 0 Å². The Bertz CT molecular complexity index is 632. The van der Waals surface area contributed by atoms with Crippen LogP contribution in [0, 0.1) is 0 Å². The lowest BCUT2D eigenvalue weighted by Gasteiger charge is -2.09. The molecule has 0 fully saturated rings. The molecule has 3 heteroatoms. The van der Waals surface area contributed by atoms with Crippen LogP contribution in [0.3, 0.4) is 0 Å².